The Kier molecular flexibility index (Phi) is 6.82. The standard InChI is InChI=1S/C25H19ClN2O4S/c1-32-23-14-16(7-12-21(23)29)13-20-24(31)28(19-5-3-2-4-6-19)25(27-20)33-15-22(30)17-8-10-18(26)11-9-17/h2-14,29H,15H2,1H3/b20-13-. The fourth-order valence-electron chi connectivity index (χ4n) is 3.19. The summed E-state index contributed by atoms with van der Waals surface area (Å²) in [6.45, 7) is 0. The Hall–Kier alpha value is -3.55. The number of halogens is 1. The van der Waals surface area contributed by atoms with Crippen LogP contribution in [0.1, 0.15) is 15.9 Å². The van der Waals surface area contributed by atoms with Gasteiger partial charge in [-0.3, -0.25) is 14.5 Å². The molecule has 0 saturated carbocycles. The molecule has 0 aromatic heterocycles. The minimum absolute atomic E-state index is 0.00349. The van der Waals surface area contributed by atoms with Gasteiger partial charge in [-0.25, -0.2) is 4.99 Å². The SMILES string of the molecule is COc1cc(/C=C2\N=C(SCC(=O)c3ccc(Cl)cc3)N(c3ccccc3)C2=O)ccc1O. The number of ether oxygens (including phenoxy) is 1. The zero-order chi connectivity index (χ0) is 23.4. The summed E-state index contributed by atoms with van der Waals surface area (Å²) in [6, 6.07) is 20.6. The summed E-state index contributed by atoms with van der Waals surface area (Å²) in [6.07, 6.45) is 1.62. The molecule has 6 nitrogen and oxygen atoms in total. The number of carbonyl (C=O) groups is 2. The van der Waals surface area contributed by atoms with Gasteiger partial charge in [0.15, 0.2) is 22.4 Å². The summed E-state index contributed by atoms with van der Waals surface area (Å²) in [4.78, 5) is 31.9. The van der Waals surface area contributed by atoms with E-state index >= 15 is 0 Å². The Labute approximate surface area is 200 Å². The zero-order valence-corrected chi connectivity index (χ0v) is 19.1. The van der Waals surface area contributed by atoms with Crippen LogP contribution in [0.5, 0.6) is 11.5 Å². The second kappa shape index (κ2) is 9.94. The number of amides is 1. The highest BCUT2D eigenvalue weighted by molar-refractivity contribution is 8.14. The summed E-state index contributed by atoms with van der Waals surface area (Å²) in [5.74, 6) is -0.00182. The van der Waals surface area contributed by atoms with Crippen LogP contribution >= 0.6 is 23.4 Å². The molecular formula is C25H19ClN2O4S. The Balaban J connectivity index is 1.63. The minimum atomic E-state index is -0.310. The molecule has 1 amide bonds. The van der Waals surface area contributed by atoms with E-state index in [1.54, 1.807) is 42.5 Å². The van der Waals surface area contributed by atoms with E-state index < -0.39 is 0 Å². The maximum absolute atomic E-state index is 13.2. The predicted octanol–water partition coefficient (Wildman–Crippen LogP) is 5.41. The number of hydrogen-bond acceptors (Lipinski definition) is 6. The highest BCUT2D eigenvalue weighted by Gasteiger charge is 2.32. The number of aromatic hydroxyl groups is 1. The number of amidine groups is 1. The fourth-order valence-corrected chi connectivity index (χ4v) is 4.22. The first-order valence-electron chi connectivity index (χ1n) is 9.95. The lowest BCUT2D eigenvalue weighted by molar-refractivity contribution is -0.113. The molecule has 0 saturated heterocycles. The average molecular weight is 479 g/mol. The van der Waals surface area contributed by atoms with Crippen molar-refractivity contribution >= 4 is 52.0 Å². The Morgan fingerprint density at radius 1 is 1.12 bits per heavy atom. The number of anilines is 1. The molecule has 1 aliphatic heterocycles. The quantitative estimate of drug-likeness (QED) is 0.378. The molecule has 3 aromatic rings. The molecule has 0 atom stereocenters. The third-order valence-corrected chi connectivity index (χ3v) is 6.04. The molecule has 3 aromatic carbocycles. The Morgan fingerprint density at radius 2 is 1.85 bits per heavy atom. The van der Waals surface area contributed by atoms with E-state index in [1.165, 1.54) is 29.8 Å². The second-order valence-electron chi connectivity index (χ2n) is 7.05. The number of rotatable bonds is 6. The van der Waals surface area contributed by atoms with Gasteiger partial charge in [-0.05, 0) is 60.2 Å². The van der Waals surface area contributed by atoms with Crippen molar-refractivity contribution in [1.82, 2.24) is 0 Å². The molecule has 0 bridgehead atoms. The molecule has 1 N–H and O–H groups in total. The van der Waals surface area contributed by atoms with Crippen LogP contribution in [0.25, 0.3) is 6.08 Å². The fraction of sp³-hybridized carbons (Fsp3) is 0.0800. The first-order valence-corrected chi connectivity index (χ1v) is 11.3. The van der Waals surface area contributed by atoms with Crippen molar-refractivity contribution in [2.45, 2.75) is 0 Å². The van der Waals surface area contributed by atoms with Crippen molar-refractivity contribution in [3.63, 3.8) is 0 Å². The molecule has 8 heteroatoms. The van der Waals surface area contributed by atoms with Gasteiger partial charge in [-0.15, -0.1) is 0 Å². The van der Waals surface area contributed by atoms with Crippen molar-refractivity contribution in [3.05, 3.63) is 94.6 Å². The van der Waals surface area contributed by atoms with E-state index in [-0.39, 0.29) is 28.9 Å². The topological polar surface area (TPSA) is 79.2 Å². The number of thioether (sulfide) groups is 1. The number of benzene rings is 3. The maximum Gasteiger partial charge on any atom is 0.283 e. The summed E-state index contributed by atoms with van der Waals surface area (Å²) in [5, 5.41) is 10.8. The number of Topliss-reactive ketones (excluding diaryl/α,β-unsaturated/α-hetero) is 1. The van der Waals surface area contributed by atoms with Gasteiger partial charge < -0.3 is 9.84 Å². The molecule has 0 radical (unpaired) electrons. The van der Waals surface area contributed by atoms with Crippen LogP contribution in [-0.4, -0.2) is 34.8 Å². The molecule has 1 aliphatic rings. The van der Waals surface area contributed by atoms with Gasteiger partial charge >= 0.3 is 0 Å². The van der Waals surface area contributed by atoms with Crippen molar-refractivity contribution in [2.75, 3.05) is 17.8 Å². The van der Waals surface area contributed by atoms with Crippen LogP contribution in [0.3, 0.4) is 0 Å². The normalized spacial score (nSPS) is 14.5. The van der Waals surface area contributed by atoms with Crippen molar-refractivity contribution in [3.8, 4) is 11.5 Å². The van der Waals surface area contributed by atoms with Gasteiger partial charge in [-0.1, -0.05) is 47.6 Å². The number of nitrogens with zero attached hydrogens (tertiary/aromatic N) is 2. The van der Waals surface area contributed by atoms with Crippen molar-refractivity contribution < 1.29 is 19.4 Å². The van der Waals surface area contributed by atoms with Gasteiger partial charge in [0.1, 0.15) is 5.70 Å². The van der Waals surface area contributed by atoms with Crippen molar-refractivity contribution in [1.29, 1.82) is 0 Å². The summed E-state index contributed by atoms with van der Waals surface area (Å²) >= 11 is 7.09. The number of aliphatic imine (C=N–C) groups is 1. The number of para-hydroxylation sites is 1. The molecule has 1 heterocycles. The maximum atomic E-state index is 13.2. The lowest BCUT2D eigenvalue weighted by Crippen LogP contribution is -2.30. The highest BCUT2D eigenvalue weighted by atomic mass is 35.5. The molecule has 0 spiro atoms. The number of ketones is 1. The predicted molar refractivity (Wildman–Crippen MR) is 132 cm³/mol. The monoisotopic (exact) mass is 478 g/mol. The van der Waals surface area contributed by atoms with Gasteiger partial charge in [0.2, 0.25) is 0 Å². The van der Waals surface area contributed by atoms with E-state index in [9.17, 15) is 14.7 Å². The third-order valence-electron chi connectivity index (χ3n) is 4.85. The average Bonchev–Trinajstić information content (AvgIpc) is 3.14. The molecular weight excluding hydrogens is 460 g/mol. The number of hydrogen-bond donors (Lipinski definition) is 1. The van der Waals surface area contributed by atoms with Crippen LogP contribution in [0, 0.1) is 0 Å². The minimum Gasteiger partial charge on any atom is -0.504 e. The van der Waals surface area contributed by atoms with E-state index in [2.05, 4.69) is 4.99 Å². The smallest absolute Gasteiger partial charge is 0.283 e. The van der Waals surface area contributed by atoms with Gasteiger partial charge in [0.25, 0.3) is 5.91 Å². The number of methoxy groups -OCH3 is 1. The highest BCUT2D eigenvalue weighted by Crippen LogP contribution is 2.31. The number of phenolic OH excluding ortho intramolecular Hbond substituents is 1. The van der Waals surface area contributed by atoms with Gasteiger partial charge in [0.05, 0.1) is 18.6 Å². The molecule has 4 rings (SSSR count). The number of carbonyl (C=O) groups excluding carboxylic acids is 2. The van der Waals surface area contributed by atoms with Gasteiger partial charge in [0, 0.05) is 10.6 Å². The zero-order valence-electron chi connectivity index (χ0n) is 17.6. The first-order chi connectivity index (χ1) is 16.0. The molecule has 0 unspecified atom stereocenters. The molecule has 166 valence electrons. The van der Waals surface area contributed by atoms with E-state index in [0.717, 1.165) is 0 Å². The lowest BCUT2D eigenvalue weighted by Gasteiger charge is -2.17. The third kappa shape index (κ3) is 5.10. The second-order valence-corrected chi connectivity index (χ2v) is 8.43. The Bertz CT molecular complexity index is 1260. The molecule has 0 fully saturated rings. The van der Waals surface area contributed by atoms with Crippen molar-refractivity contribution in [2.24, 2.45) is 4.99 Å². The summed E-state index contributed by atoms with van der Waals surface area (Å²) < 4.78 is 5.14. The largest absolute Gasteiger partial charge is 0.504 e. The summed E-state index contributed by atoms with van der Waals surface area (Å²) in [7, 11) is 1.45. The van der Waals surface area contributed by atoms with Crippen LogP contribution in [0.15, 0.2) is 83.5 Å². The van der Waals surface area contributed by atoms with Crippen LogP contribution in [0.2, 0.25) is 5.02 Å². The van der Waals surface area contributed by atoms with E-state index in [0.29, 0.717) is 32.8 Å². The van der Waals surface area contributed by atoms with Crippen LogP contribution < -0.4 is 9.64 Å². The number of phenols is 1. The molecule has 33 heavy (non-hydrogen) atoms. The lowest BCUT2D eigenvalue weighted by atomic mass is 10.1. The van der Waals surface area contributed by atoms with E-state index in [1.807, 2.05) is 30.3 Å². The molecule has 0 aliphatic carbocycles. The van der Waals surface area contributed by atoms with Crippen LogP contribution in [-0.2, 0) is 4.79 Å². The van der Waals surface area contributed by atoms with Crippen LogP contribution in [0.4, 0.5) is 5.69 Å². The Morgan fingerprint density at radius 3 is 2.55 bits per heavy atom. The van der Waals surface area contributed by atoms with Gasteiger partial charge in [-0.2, -0.15) is 0 Å². The van der Waals surface area contributed by atoms with E-state index in [4.69, 9.17) is 16.3 Å². The summed E-state index contributed by atoms with van der Waals surface area (Å²) in [5.41, 5.74) is 2.05. The first kappa shape index (κ1) is 22.6.